The Morgan fingerprint density at radius 2 is 1.65 bits per heavy atom. The van der Waals surface area contributed by atoms with Gasteiger partial charge in [-0.2, -0.15) is 0 Å². The summed E-state index contributed by atoms with van der Waals surface area (Å²) in [5.41, 5.74) is 2.97. The average molecular weight is 310 g/mol. The first-order valence-corrected chi connectivity index (χ1v) is 7.71. The second-order valence-corrected chi connectivity index (χ2v) is 5.52. The van der Waals surface area contributed by atoms with Crippen molar-refractivity contribution in [2.75, 3.05) is 18.0 Å². The van der Waals surface area contributed by atoms with Gasteiger partial charge in [0.25, 0.3) is 0 Å². The molecule has 0 aliphatic rings. The molecule has 23 heavy (non-hydrogen) atoms. The third-order valence-electron chi connectivity index (χ3n) is 3.59. The van der Waals surface area contributed by atoms with E-state index in [1.54, 1.807) is 4.90 Å². The quantitative estimate of drug-likeness (QED) is 0.892. The number of nitrogens with one attached hydrogen (secondary N) is 1. The van der Waals surface area contributed by atoms with Crippen molar-refractivity contribution in [3.05, 3.63) is 65.7 Å². The summed E-state index contributed by atoms with van der Waals surface area (Å²) >= 11 is 0. The monoisotopic (exact) mass is 310 g/mol. The SMILES string of the molecule is CC(=O)N(CCNC(=O)Cc1ccccc1)c1ccc(C)cc1. The number of amides is 2. The Bertz CT molecular complexity index is 651. The van der Waals surface area contributed by atoms with Gasteiger partial charge >= 0.3 is 0 Å². The molecule has 2 aromatic rings. The van der Waals surface area contributed by atoms with Crippen LogP contribution in [0.1, 0.15) is 18.1 Å². The Kier molecular flexibility index (Phi) is 5.92. The molecule has 0 spiro atoms. The van der Waals surface area contributed by atoms with Gasteiger partial charge in [0.15, 0.2) is 0 Å². The molecule has 0 aliphatic carbocycles. The van der Waals surface area contributed by atoms with Gasteiger partial charge in [0.2, 0.25) is 11.8 Å². The number of hydrogen-bond acceptors (Lipinski definition) is 2. The van der Waals surface area contributed by atoms with Crippen LogP contribution in [-0.4, -0.2) is 24.9 Å². The topological polar surface area (TPSA) is 49.4 Å². The molecule has 120 valence electrons. The number of aryl methyl sites for hydroxylation is 1. The van der Waals surface area contributed by atoms with E-state index < -0.39 is 0 Å². The lowest BCUT2D eigenvalue weighted by molar-refractivity contribution is -0.121. The van der Waals surface area contributed by atoms with Crippen LogP contribution in [-0.2, 0) is 16.0 Å². The van der Waals surface area contributed by atoms with Crippen molar-refractivity contribution in [1.82, 2.24) is 5.32 Å². The highest BCUT2D eigenvalue weighted by Gasteiger charge is 2.11. The molecule has 2 aromatic carbocycles. The standard InChI is InChI=1S/C19H22N2O2/c1-15-8-10-18(11-9-15)21(16(2)22)13-12-20-19(23)14-17-6-4-3-5-7-17/h3-11H,12-14H2,1-2H3,(H,20,23). The fourth-order valence-corrected chi connectivity index (χ4v) is 2.34. The predicted molar refractivity (Wildman–Crippen MR) is 92.4 cm³/mol. The third-order valence-corrected chi connectivity index (χ3v) is 3.59. The lowest BCUT2D eigenvalue weighted by atomic mass is 10.1. The van der Waals surface area contributed by atoms with Crippen LogP contribution in [0.25, 0.3) is 0 Å². The van der Waals surface area contributed by atoms with Crippen LogP contribution in [0.2, 0.25) is 0 Å². The minimum absolute atomic E-state index is 0.0360. The molecule has 1 N–H and O–H groups in total. The van der Waals surface area contributed by atoms with Crippen LogP contribution < -0.4 is 10.2 Å². The van der Waals surface area contributed by atoms with Gasteiger partial charge in [-0.3, -0.25) is 9.59 Å². The maximum Gasteiger partial charge on any atom is 0.224 e. The summed E-state index contributed by atoms with van der Waals surface area (Å²) in [5.74, 6) is -0.0743. The molecule has 0 radical (unpaired) electrons. The molecule has 0 aliphatic heterocycles. The van der Waals surface area contributed by atoms with Crippen molar-refractivity contribution < 1.29 is 9.59 Å². The zero-order valence-corrected chi connectivity index (χ0v) is 13.6. The summed E-state index contributed by atoms with van der Waals surface area (Å²) in [7, 11) is 0. The predicted octanol–water partition coefficient (Wildman–Crippen LogP) is 2.71. The molecule has 0 heterocycles. The Morgan fingerprint density at radius 1 is 1.00 bits per heavy atom. The van der Waals surface area contributed by atoms with Gasteiger partial charge in [-0.25, -0.2) is 0 Å². The van der Waals surface area contributed by atoms with Gasteiger partial charge in [0.1, 0.15) is 0 Å². The second kappa shape index (κ2) is 8.13. The molecule has 0 saturated heterocycles. The summed E-state index contributed by atoms with van der Waals surface area (Å²) in [5, 5.41) is 2.86. The number of carbonyl (C=O) groups is 2. The molecule has 0 aromatic heterocycles. The van der Waals surface area contributed by atoms with E-state index in [1.165, 1.54) is 6.92 Å². The lowest BCUT2D eigenvalue weighted by Crippen LogP contribution is -2.38. The molecular formula is C19H22N2O2. The van der Waals surface area contributed by atoms with Crippen LogP contribution in [0.15, 0.2) is 54.6 Å². The fourth-order valence-electron chi connectivity index (χ4n) is 2.34. The van der Waals surface area contributed by atoms with E-state index >= 15 is 0 Å². The maximum atomic E-state index is 11.9. The van der Waals surface area contributed by atoms with Crippen molar-refractivity contribution in [1.29, 1.82) is 0 Å². The van der Waals surface area contributed by atoms with Crippen molar-refractivity contribution in [2.45, 2.75) is 20.3 Å². The largest absolute Gasteiger partial charge is 0.354 e. The molecule has 4 heteroatoms. The molecule has 0 bridgehead atoms. The first-order chi connectivity index (χ1) is 11.1. The van der Waals surface area contributed by atoms with Crippen LogP contribution in [0.4, 0.5) is 5.69 Å². The number of nitrogens with zero attached hydrogens (tertiary/aromatic N) is 1. The summed E-state index contributed by atoms with van der Waals surface area (Å²) in [6.07, 6.45) is 0.353. The van der Waals surface area contributed by atoms with Gasteiger partial charge < -0.3 is 10.2 Å². The second-order valence-electron chi connectivity index (χ2n) is 5.52. The first kappa shape index (κ1) is 16.7. The summed E-state index contributed by atoms with van der Waals surface area (Å²) < 4.78 is 0. The normalized spacial score (nSPS) is 10.2. The van der Waals surface area contributed by atoms with E-state index in [9.17, 15) is 9.59 Å². The molecule has 0 unspecified atom stereocenters. The minimum Gasteiger partial charge on any atom is -0.354 e. The van der Waals surface area contributed by atoms with Crippen LogP contribution in [0.3, 0.4) is 0 Å². The maximum absolute atomic E-state index is 11.9. The highest BCUT2D eigenvalue weighted by atomic mass is 16.2. The smallest absolute Gasteiger partial charge is 0.224 e. The molecule has 0 saturated carbocycles. The van der Waals surface area contributed by atoms with Crippen molar-refractivity contribution >= 4 is 17.5 Å². The number of anilines is 1. The average Bonchev–Trinajstić information content (AvgIpc) is 2.53. The molecule has 0 atom stereocenters. The molecule has 2 rings (SSSR count). The Labute approximate surface area is 137 Å². The van der Waals surface area contributed by atoms with Crippen molar-refractivity contribution in [3.8, 4) is 0 Å². The first-order valence-electron chi connectivity index (χ1n) is 7.71. The molecule has 4 nitrogen and oxygen atoms in total. The van der Waals surface area contributed by atoms with E-state index in [4.69, 9.17) is 0 Å². The van der Waals surface area contributed by atoms with Crippen molar-refractivity contribution in [2.24, 2.45) is 0 Å². The summed E-state index contributed by atoms with van der Waals surface area (Å²) in [4.78, 5) is 25.4. The number of carbonyl (C=O) groups excluding carboxylic acids is 2. The number of hydrogen-bond donors (Lipinski definition) is 1. The Morgan fingerprint density at radius 3 is 2.26 bits per heavy atom. The van der Waals surface area contributed by atoms with E-state index in [1.807, 2.05) is 61.5 Å². The molecular weight excluding hydrogens is 288 g/mol. The highest BCUT2D eigenvalue weighted by Crippen LogP contribution is 2.14. The van der Waals surface area contributed by atoms with Crippen LogP contribution in [0, 0.1) is 6.92 Å². The highest BCUT2D eigenvalue weighted by molar-refractivity contribution is 5.91. The lowest BCUT2D eigenvalue weighted by Gasteiger charge is -2.21. The van der Waals surface area contributed by atoms with Gasteiger partial charge in [0, 0.05) is 25.7 Å². The Hall–Kier alpha value is -2.62. The van der Waals surface area contributed by atoms with E-state index in [0.29, 0.717) is 19.5 Å². The Balaban J connectivity index is 1.86. The van der Waals surface area contributed by atoms with Crippen molar-refractivity contribution in [3.63, 3.8) is 0 Å². The van der Waals surface area contributed by atoms with E-state index in [0.717, 1.165) is 16.8 Å². The van der Waals surface area contributed by atoms with E-state index in [2.05, 4.69) is 5.32 Å². The van der Waals surface area contributed by atoms with Crippen LogP contribution in [0.5, 0.6) is 0 Å². The van der Waals surface area contributed by atoms with Crippen LogP contribution >= 0.6 is 0 Å². The van der Waals surface area contributed by atoms with Gasteiger partial charge in [-0.1, -0.05) is 48.0 Å². The van der Waals surface area contributed by atoms with E-state index in [-0.39, 0.29) is 11.8 Å². The minimum atomic E-state index is -0.0383. The zero-order chi connectivity index (χ0) is 16.7. The molecule has 0 fully saturated rings. The zero-order valence-electron chi connectivity index (χ0n) is 13.6. The molecule has 2 amide bonds. The van der Waals surface area contributed by atoms with Gasteiger partial charge in [0.05, 0.1) is 6.42 Å². The summed E-state index contributed by atoms with van der Waals surface area (Å²) in [6, 6.07) is 17.4. The number of rotatable bonds is 6. The third kappa shape index (κ3) is 5.25. The summed E-state index contributed by atoms with van der Waals surface area (Å²) in [6.45, 7) is 4.43. The van der Waals surface area contributed by atoms with Gasteiger partial charge in [-0.05, 0) is 24.6 Å². The van der Waals surface area contributed by atoms with Gasteiger partial charge in [-0.15, -0.1) is 0 Å². The number of benzene rings is 2. The fraction of sp³-hybridized carbons (Fsp3) is 0.263.